The average Bonchev–Trinajstić information content (AvgIpc) is 2.85. The first kappa shape index (κ1) is 12.9. The summed E-state index contributed by atoms with van der Waals surface area (Å²) in [7, 11) is 0. The van der Waals surface area contributed by atoms with Crippen molar-refractivity contribution in [3.8, 4) is 0 Å². The van der Waals surface area contributed by atoms with Gasteiger partial charge in [-0.25, -0.2) is 4.39 Å². The molecule has 1 aromatic carbocycles. The smallest absolute Gasteiger partial charge is 0.253 e. The predicted octanol–water partition coefficient (Wildman–Crippen LogP) is 2.72. The number of hydrogen-bond donors (Lipinski definition) is 2. The fourth-order valence-electron chi connectivity index (χ4n) is 2.58. The van der Waals surface area contributed by atoms with Crippen molar-refractivity contribution >= 4 is 11.6 Å². The minimum absolute atomic E-state index is 0.114. The van der Waals surface area contributed by atoms with Gasteiger partial charge in [-0.3, -0.25) is 4.79 Å². The minimum atomic E-state index is -0.442. The van der Waals surface area contributed by atoms with Gasteiger partial charge in [-0.05, 0) is 43.9 Å². The van der Waals surface area contributed by atoms with Crippen molar-refractivity contribution in [2.24, 2.45) is 5.92 Å². The van der Waals surface area contributed by atoms with E-state index in [1.807, 2.05) is 6.92 Å². The molecule has 1 amide bonds. The fourth-order valence-corrected chi connectivity index (χ4v) is 2.58. The number of anilines is 1. The van der Waals surface area contributed by atoms with Crippen LogP contribution in [0.5, 0.6) is 0 Å². The highest BCUT2D eigenvalue weighted by Crippen LogP contribution is 2.27. The van der Waals surface area contributed by atoms with E-state index in [4.69, 9.17) is 5.73 Å². The van der Waals surface area contributed by atoms with E-state index >= 15 is 0 Å². The van der Waals surface area contributed by atoms with Crippen molar-refractivity contribution in [2.45, 2.75) is 38.6 Å². The molecule has 1 aromatic rings. The van der Waals surface area contributed by atoms with Crippen LogP contribution in [0.4, 0.5) is 10.1 Å². The summed E-state index contributed by atoms with van der Waals surface area (Å²) in [6.45, 7) is 2.00. The van der Waals surface area contributed by atoms with Gasteiger partial charge in [0, 0.05) is 11.7 Å². The largest absolute Gasteiger partial charge is 0.398 e. The van der Waals surface area contributed by atoms with Gasteiger partial charge in [-0.15, -0.1) is 0 Å². The molecular formula is C14H19FN2O. The number of hydrogen-bond acceptors (Lipinski definition) is 2. The molecule has 3 N–H and O–H groups in total. The Bertz CT molecular complexity index is 441. The van der Waals surface area contributed by atoms with Gasteiger partial charge in [-0.1, -0.05) is 12.8 Å². The van der Waals surface area contributed by atoms with Gasteiger partial charge in [0.25, 0.3) is 5.91 Å². The van der Waals surface area contributed by atoms with Crippen LogP contribution < -0.4 is 11.1 Å². The number of nitrogens with one attached hydrogen (secondary N) is 1. The number of carbonyl (C=O) groups is 1. The van der Waals surface area contributed by atoms with Crippen LogP contribution >= 0.6 is 0 Å². The zero-order valence-electron chi connectivity index (χ0n) is 10.6. The fraction of sp³-hybridized carbons (Fsp3) is 0.500. The Morgan fingerprint density at radius 1 is 1.44 bits per heavy atom. The van der Waals surface area contributed by atoms with Crippen LogP contribution in [0.3, 0.4) is 0 Å². The maximum Gasteiger partial charge on any atom is 0.253 e. The molecule has 0 aliphatic heterocycles. The summed E-state index contributed by atoms with van der Waals surface area (Å²) in [4.78, 5) is 12.0. The molecule has 1 saturated carbocycles. The number of halogens is 1. The van der Waals surface area contributed by atoms with Crippen molar-refractivity contribution in [2.75, 3.05) is 5.73 Å². The first-order valence-corrected chi connectivity index (χ1v) is 6.44. The van der Waals surface area contributed by atoms with E-state index in [-0.39, 0.29) is 17.5 Å². The van der Waals surface area contributed by atoms with E-state index in [1.54, 1.807) is 0 Å². The van der Waals surface area contributed by atoms with E-state index in [0.29, 0.717) is 11.6 Å². The average molecular weight is 250 g/mol. The van der Waals surface area contributed by atoms with Crippen LogP contribution in [-0.4, -0.2) is 11.9 Å². The molecule has 0 bridgehead atoms. The molecule has 98 valence electrons. The van der Waals surface area contributed by atoms with Crippen molar-refractivity contribution < 1.29 is 9.18 Å². The molecule has 1 unspecified atom stereocenters. The Morgan fingerprint density at radius 3 is 2.78 bits per heavy atom. The molecule has 3 nitrogen and oxygen atoms in total. The van der Waals surface area contributed by atoms with Crippen LogP contribution in [0.25, 0.3) is 0 Å². The summed E-state index contributed by atoms with van der Waals surface area (Å²) < 4.78 is 13.1. The van der Waals surface area contributed by atoms with Crippen LogP contribution in [-0.2, 0) is 0 Å². The maximum absolute atomic E-state index is 13.1. The molecule has 0 radical (unpaired) electrons. The molecule has 4 heteroatoms. The standard InChI is InChI=1S/C14H19FN2O/c1-9(10-4-2-3-5-10)17-14(18)12-8-11(15)6-7-13(12)16/h6-10H,2-5,16H2,1H3,(H,17,18). The first-order chi connectivity index (χ1) is 8.58. The van der Waals surface area contributed by atoms with E-state index in [1.165, 1.54) is 31.0 Å². The summed E-state index contributed by atoms with van der Waals surface area (Å²) in [5.41, 5.74) is 6.23. The molecular weight excluding hydrogens is 231 g/mol. The van der Waals surface area contributed by atoms with E-state index < -0.39 is 5.82 Å². The van der Waals surface area contributed by atoms with Gasteiger partial charge in [-0.2, -0.15) is 0 Å². The highest BCUT2D eigenvalue weighted by molar-refractivity contribution is 5.99. The lowest BCUT2D eigenvalue weighted by Crippen LogP contribution is -2.37. The van der Waals surface area contributed by atoms with E-state index in [9.17, 15) is 9.18 Å². The lowest BCUT2D eigenvalue weighted by Gasteiger charge is -2.20. The summed E-state index contributed by atoms with van der Waals surface area (Å²) >= 11 is 0. The van der Waals surface area contributed by atoms with E-state index in [0.717, 1.165) is 12.8 Å². The monoisotopic (exact) mass is 250 g/mol. The van der Waals surface area contributed by atoms with Crippen LogP contribution in [0, 0.1) is 11.7 Å². The molecule has 1 atom stereocenters. The van der Waals surface area contributed by atoms with Crippen molar-refractivity contribution in [3.05, 3.63) is 29.6 Å². The Kier molecular flexibility index (Phi) is 3.84. The summed E-state index contributed by atoms with van der Waals surface area (Å²) in [5, 5.41) is 2.92. The maximum atomic E-state index is 13.1. The third kappa shape index (κ3) is 2.81. The first-order valence-electron chi connectivity index (χ1n) is 6.44. The molecule has 0 heterocycles. The second kappa shape index (κ2) is 5.38. The second-order valence-corrected chi connectivity index (χ2v) is 5.04. The number of nitrogens with two attached hydrogens (primary N) is 1. The minimum Gasteiger partial charge on any atom is -0.398 e. The van der Waals surface area contributed by atoms with Gasteiger partial charge in [0.1, 0.15) is 5.82 Å². The van der Waals surface area contributed by atoms with E-state index in [2.05, 4.69) is 5.32 Å². The van der Waals surface area contributed by atoms with Crippen LogP contribution in [0.1, 0.15) is 43.0 Å². The molecule has 0 aromatic heterocycles. The predicted molar refractivity (Wildman–Crippen MR) is 69.7 cm³/mol. The molecule has 1 fully saturated rings. The van der Waals surface area contributed by atoms with Gasteiger partial charge in [0.05, 0.1) is 5.56 Å². The molecule has 2 rings (SSSR count). The Morgan fingerprint density at radius 2 is 2.11 bits per heavy atom. The number of benzene rings is 1. The Labute approximate surface area is 107 Å². The van der Waals surface area contributed by atoms with Gasteiger partial charge >= 0.3 is 0 Å². The normalized spacial score (nSPS) is 17.7. The number of rotatable bonds is 3. The SMILES string of the molecule is CC(NC(=O)c1cc(F)ccc1N)C1CCCC1. The van der Waals surface area contributed by atoms with Crippen molar-refractivity contribution in [1.29, 1.82) is 0 Å². The second-order valence-electron chi connectivity index (χ2n) is 5.04. The zero-order chi connectivity index (χ0) is 13.1. The Balaban J connectivity index is 2.04. The highest BCUT2D eigenvalue weighted by atomic mass is 19.1. The lowest BCUT2D eigenvalue weighted by atomic mass is 9.99. The molecule has 0 saturated heterocycles. The number of nitrogen functional groups attached to an aromatic ring is 1. The topological polar surface area (TPSA) is 55.1 Å². The molecule has 0 spiro atoms. The van der Waals surface area contributed by atoms with Gasteiger partial charge in [0.2, 0.25) is 0 Å². The molecule has 1 aliphatic carbocycles. The summed E-state index contributed by atoms with van der Waals surface area (Å²) in [5.74, 6) is -0.196. The van der Waals surface area contributed by atoms with Gasteiger partial charge in [0.15, 0.2) is 0 Å². The molecule has 1 aliphatic rings. The molecule has 18 heavy (non-hydrogen) atoms. The zero-order valence-corrected chi connectivity index (χ0v) is 10.6. The quantitative estimate of drug-likeness (QED) is 0.810. The van der Waals surface area contributed by atoms with Crippen LogP contribution in [0.2, 0.25) is 0 Å². The summed E-state index contributed by atoms with van der Waals surface area (Å²) in [6.07, 6.45) is 4.76. The third-order valence-corrected chi connectivity index (χ3v) is 3.73. The Hall–Kier alpha value is -1.58. The highest BCUT2D eigenvalue weighted by Gasteiger charge is 2.23. The number of amides is 1. The number of carbonyl (C=O) groups excluding carboxylic acids is 1. The van der Waals surface area contributed by atoms with Crippen molar-refractivity contribution in [1.82, 2.24) is 5.32 Å². The lowest BCUT2D eigenvalue weighted by molar-refractivity contribution is 0.0927. The van der Waals surface area contributed by atoms with Crippen LogP contribution in [0.15, 0.2) is 18.2 Å². The third-order valence-electron chi connectivity index (χ3n) is 3.73. The van der Waals surface area contributed by atoms with Gasteiger partial charge < -0.3 is 11.1 Å². The summed E-state index contributed by atoms with van der Waals surface area (Å²) in [6, 6.07) is 3.98. The van der Waals surface area contributed by atoms with Crippen molar-refractivity contribution in [3.63, 3.8) is 0 Å².